The number of aromatic nitrogens is 4. The molecular formula is C20H24N4O3S. The van der Waals surface area contributed by atoms with Crippen LogP contribution >= 0.6 is 0 Å². The van der Waals surface area contributed by atoms with Gasteiger partial charge in [0.25, 0.3) is 0 Å². The zero-order valence-corrected chi connectivity index (χ0v) is 16.9. The second-order valence-electron chi connectivity index (χ2n) is 7.07. The smallest absolute Gasteiger partial charge is 0.223 e. The lowest BCUT2D eigenvalue weighted by Crippen LogP contribution is -2.28. The van der Waals surface area contributed by atoms with Gasteiger partial charge in [-0.15, -0.1) is 0 Å². The summed E-state index contributed by atoms with van der Waals surface area (Å²) in [6.07, 6.45) is 5.02. The second-order valence-corrected chi connectivity index (χ2v) is 8.34. The summed E-state index contributed by atoms with van der Waals surface area (Å²) in [5, 5.41) is 10.1. The fourth-order valence-corrected chi connectivity index (χ4v) is 4.10. The zero-order chi connectivity index (χ0) is 19.7. The number of aryl methyl sites for hydroxylation is 1. The van der Waals surface area contributed by atoms with Crippen LogP contribution in [0.5, 0.6) is 5.88 Å². The van der Waals surface area contributed by atoms with Gasteiger partial charge in [-0.2, -0.15) is 4.98 Å². The summed E-state index contributed by atoms with van der Waals surface area (Å²) in [5.74, 6) is 1.85. The van der Waals surface area contributed by atoms with Crippen LogP contribution < -0.4 is 4.74 Å². The van der Waals surface area contributed by atoms with E-state index in [-0.39, 0.29) is 17.4 Å². The lowest BCUT2D eigenvalue weighted by molar-refractivity contribution is 0.0509. The van der Waals surface area contributed by atoms with E-state index in [2.05, 4.69) is 9.97 Å². The molecule has 0 aliphatic heterocycles. The summed E-state index contributed by atoms with van der Waals surface area (Å²) >= 11 is 0. The van der Waals surface area contributed by atoms with E-state index in [0.29, 0.717) is 18.1 Å². The minimum absolute atomic E-state index is 0.102. The Labute approximate surface area is 166 Å². The molecule has 4 rings (SSSR count). The summed E-state index contributed by atoms with van der Waals surface area (Å²) < 4.78 is 20.2. The van der Waals surface area contributed by atoms with E-state index < -0.39 is 10.8 Å². The molecule has 3 aromatic rings. The lowest BCUT2D eigenvalue weighted by Gasteiger charge is -2.26. The highest BCUT2D eigenvalue weighted by atomic mass is 32.2. The normalized spacial score (nSPS) is 21.0. The van der Waals surface area contributed by atoms with Crippen LogP contribution in [0.1, 0.15) is 38.4 Å². The quantitative estimate of drug-likeness (QED) is 0.663. The molecule has 0 amide bonds. The lowest BCUT2D eigenvalue weighted by atomic mass is 9.95. The number of imidazole rings is 1. The highest BCUT2D eigenvalue weighted by Crippen LogP contribution is 2.26. The van der Waals surface area contributed by atoms with Crippen molar-refractivity contribution in [2.45, 2.75) is 56.4 Å². The van der Waals surface area contributed by atoms with Crippen LogP contribution in [0.25, 0.3) is 16.9 Å². The largest absolute Gasteiger partial charge is 0.474 e. The van der Waals surface area contributed by atoms with E-state index in [1.165, 1.54) is 0 Å². The number of para-hydroxylation sites is 2. The number of fused-ring (bicyclic) bond motifs is 1. The van der Waals surface area contributed by atoms with E-state index in [1.807, 2.05) is 35.8 Å². The van der Waals surface area contributed by atoms with Crippen molar-refractivity contribution < 1.29 is 14.1 Å². The van der Waals surface area contributed by atoms with Crippen molar-refractivity contribution in [3.63, 3.8) is 0 Å². The molecule has 1 aromatic carbocycles. The fourth-order valence-electron chi connectivity index (χ4n) is 3.66. The van der Waals surface area contributed by atoms with Gasteiger partial charge in [-0.25, -0.2) is 9.97 Å². The first-order valence-corrected chi connectivity index (χ1v) is 11.1. The molecule has 2 heterocycles. The Morgan fingerprint density at radius 1 is 1.25 bits per heavy atom. The van der Waals surface area contributed by atoms with Gasteiger partial charge in [-0.3, -0.25) is 8.78 Å². The van der Waals surface area contributed by atoms with Crippen LogP contribution in [-0.2, 0) is 17.2 Å². The number of aliphatic hydroxyl groups excluding tert-OH is 1. The number of hydrogen-bond acceptors (Lipinski definition) is 6. The van der Waals surface area contributed by atoms with Crippen molar-refractivity contribution in [3.8, 4) is 11.7 Å². The third-order valence-electron chi connectivity index (χ3n) is 4.99. The van der Waals surface area contributed by atoms with Crippen LogP contribution in [0, 0.1) is 0 Å². The molecule has 1 fully saturated rings. The average molecular weight is 401 g/mol. The molecule has 7 nitrogen and oxygen atoms in total. The van der Waals surface area contributed by atoms with E-state index >= 15 is 0 Å². The highest BCUT2D eigenvalue weighted by Gasteiger charge is 2.23. The van der Waals surface area contributed by atoms with Crippen LogP contribution in [0.2, 0.25) is 0 Å². The van der Waals surface area contributed by atoms with Crippen molar-refractivity contribution >= 4 is 21.8 Å². The summed E-state index contributed by atoms with van der Waals surface area (Å²) in [4.78, 5) is 13.6. The van der Waals surface area contributed by atoms with Gasteiger partial charge in [0.15, 0.2) is 0 Å². The molecule has 8 heteroatoms. The molecule has 0 radical (unpaired) electrons. The first-order chi connectivity index (χ1) is 13.5. The summed E-state index contributed by atoms with van der Waals surface area (Å²) in [5.41, 5.74) is 1.82. The molecule has 0 saturated heterocycles. The van der Waals surface area contributed by atoms with Gasteiger partial charge >= 0.3 is 0 Å². The van der Waals surface area contributed by atoms with E-state index in [0.717, 1.165) is 42.5 Å². The molecule has 1 aliphatic carbocycles. The predicted molar refractivity (Wildman–Crippen MR) is 107 cm³/mol. The maximum Gasteiger partial charge on any atom is 0.223 e. The Kier molecular flexibility index (Phi) is 5.41. The van der Waals surface area contributed by atoms with Gasteiger partial charge in [0.2, 0.25) is 11.0 Å². The molecule has 2 aromatic heterocycles. The molecule has 3 atom stereocenters. The van der Waals surface area contributed by atoms with Gasteiger partial charge in [0.1, 0.15) is 17.7 Å². The van der Waals surface area contributed by atoms with Crippen molar-refractivity contribution in [3.05, 3.63) is 36.2 Å². The minimum Gasteiger partial charge on any atom is -0.474 e. The molecule has 0 spiro atoms. The number of rotatable bonds is 5. The number of benzene rings is 1. The first-order valence-electron chi connectivity index (χ1n) is 9.59. The number of ether oxygens (including phenoxy) is 1. The topological polar surface area (TPSA) is 90.1 Å². The third kappa shape index (κ3) is 3.79. The maximum absolute atomic E-state index is 12.1. The van der Waals surface area contributed by atoms with Gasteiger partial charge < -0.3 is 9.84 Å². The zero-order valence-electron chi connectivity index (χ0n) is 16.0. The Bertz CT molecular complexity index is 1020. The van der Waals surface area contributed by atoms with Gasteiger partial charge in [0, 0.05) is 25.2 Å². The Morgan fingerprint density at radius 2 is 2.07 bits per heavy atom. The van der Waals surface area contributed by atoms with Crippen molar-refractivity contribution in [2.24, 2.45) is 0 Å². The molecule has 1 N–H and O–H groups in total. The summed E-state index contributed by atoms with van der Waals surface area (Å²) in [7, 11) is -1.35. The minimum atomic E-state index is -1.35. The SMILES string of the molecule is CCc1nc2ccccc2n1-c1cc(OC2CCCC(O)C2)nc(S(C)=O)n1. The highest BCUT2D eigenvalue weighted by molar-refractivity contribution is 7.84. The van der Waals surface area contributed by atoms with Crippen molar-refractivity contribution in [1.82, 2.24) is 19.5 Å². The molecule has 3 unspecified atom stereocenters. The molecule has 1 saturated carbocycles. The number of nitrogens with zero attached hydrogens (tertiary/aromatic N) is 4. The second kappa shape index (κ2) is 7.97. The standard InChI is InChI=1S/C20H24N4O3S/c1-3-17-21-15-9-4-5-10-16(15)24(17)18-12-19(23-20(22-18)28(2)26)27-14-8-6-7-13(25)11-14/h4-5,9-10,12-14,25H,3,6-8,11H2,1-2H3. The maximum atomic E-state index is 12.1. The van der Waals surface area contributed by atoms with Gasteiger partial charge in [-0.1, -0.05) is 19.1 Å². The molecule has 28 heavy (non-hydrogen) atoms. The van der Waals surface area contributed by atoms with Crippen LogP contribution in [0.15, 0.2) is 35.5 Å². The van der Waals surface area contributed by atoms with Crippen molar-refractivity contribution in [1.29, 1.82) is 0 Å². The first kappa shape index (κ1) is 19.0. The number of hydrogen-bond donors (Lipinski definition) is 1. The van der Waals surface area contributed by atoms with E-state index in [9.17, 15) is 9.32 Å². The van der Waals surface area contributed by atoms with Gasteiger partial charge in [0.05, 0.1) is 27.9 Å². The predicted octanol–water partition coefficient (Wildman–Crippen LogP) is 2.80. The fraction of sp³-hybridized carbons (Fsp3) is 0.450. The van der Waals surface area contributed by atoms with E-state index in [1.54, 1.807) is 12.3 Å². The Balaban J connectivity index is 1.79. The molecular weight excluding hydrogens is 376 g/mol. The molecule has 0 bridgehead atoms. The van der Waals surface area contributed by atoms with Crippen molar-refractivity contribution in [2.75, 3.05) is 6.26 Å². The Hall–Kier alpha value is -2.32. The average Bonchev–Trinajstić information content (AvgIpc) is 3.06. The summed E-state index contributed by atoms with van der Waals surface area (Å²) in [6, 6.07) is 9.64. The Morgan fingerprint density at radius 3 is 2.82 bits per heavy atom. The van der Waals surface area contributed by atoms with Crippen LogP contribution in [0.4, 0.5) is 0 Å². The number of aliphatic hydroxyl groups is 1. The van der Waals surface area contributed by atoms with Crippen LogP contribution in [-0.4, -0.2) is 47.3 Å². The monoisotopic (exact) mass is 400 g/mol. The summed E-state index contributed by atoms with van der Waals surface area (Å²) in [6.45, 7) is 2.04. The van der Waals surface area contributed by atoms with Gasteiger partial charge in [-0.05, 0) is 31.4 Å². The van der Waals surface area contributed by atoms with Crippen LogP contribution in [0.3, 0.4) is 0 Å². The molecule has 1 aliphatic rings. The van der Waals surface area contributed by atoms with E-state index in [4.69, 9.17) is 9.72 Å². The third-order valence-corrected chi connectivity index (χ3v) is 5.68. The molecule has 148 valence electrons.